The number of methoxy groups -OCH3 is 1. The SMILES string of the molecule is COc1ccc(-c2cn(-c3ccncc3)c3cc(N4CCN(C(=O)O)CC4)ccc23)cc1. The highest BCUT2D eigenvalue weighted by Gasteiger charge is 2.21. The molecule has 0 bridgehead atoms. The summed E-state index contributed by atoms with van der Waals surface area (Å²) in [6.07, 6.45) is 4.90. The Bertz CT molecular complexity index is 1240. The average molecular weight is 428 g/mol. The van der Waals surface area contributed by atoms with Gasteiger partial charge in [0.1, 0.15) is 5.75 Å². The number of ether oxygens (including phenoxy) is 1. The predicted molar refractivity (Wildman–Crippen MR) is 125 cm³/mol. The lowest BCUT2D eigenvalue weighted by molar-refractivity contribution is 0.142. The molecule has 0 spiro atoms. The van der Waals surface area contributed by atoms with Crippen LogP contribution in [-0.2, 0) is 0 Å². The number of nitrogens with zero attached hydrogens (tertiary/aromatic N) is 4. The highest BCUT2D eigenvalue weighted by atomic mass is 16.5. The third-order valence-corrected chi connectivity index (χ3v) is 6.05. The Hall–Kier alpha value is -4.00. The Kier molecular flexibility index (Phi) is 5.15. The van der Waals surface area contributed by atoms with Crippen molar-refractivity contribution in [3.8, 4) is 22.6 Å². The zero-order valence-electron chi connectivity index (χ0n) is 17.8. The van der Waals surface area contributed by atoms with Crippen LogP contribution in [0.15, 0.2) is 73.2 Å². The van der Waals surface area contributed by atoms with Crippen LogP contribution in [0, 0.1) is 0 Å². The fourth-order valence-electron chi connectivity index (χ4n) is 4.29. The van der Waals surface area contributed by atoms with Crippen molar-refractivity contribution in [2.75, 3.05) is 38.2 Å². The van der Waals surface area contributed by atoms with Crippen LogP contribution < -0.4 is 9.64 Å². The van der Waals surface area contributed by atoms with Crippen molar-refractivity contribution < 1.29 is 14.6 Å². The van der Waals surface area contributed by atoms with E-state index in [0.29, 0.717) is 26.2 Å². The van der Waals surface area contributed by atoms with Crippen molar-refractivity contribution in [2.24, 2.45) is 0 Å². The van der Waals surface area contributed by atoms with E-state index < -0.39 is 6.09 Å². The number of piperazine rings is 1. The molecule has 4 aromatic rings. The van der Waals surface area contributed by atoms with Gasteiger partial charge in [-0.25, -0.2) is 4.79 Å². The number of hydrogen-bond acceptors (Lipinski definition) is 4. The summed E-state index contributed by atoms with van der Waals surface area (Å²) in [5, 5.41) is 10.4. The van der Waals surface area contributed by atoms with E-state index in [-0.39, 0.29) is 0 Å². The van der Waals surface area contributed by atoms with Gasteiger partial charge < -0.3 is 24.2 Å². The minimum Gasteiger partial charge on any atom is -0.497 e. The minimum atomic E-state index is -0.851. The molecule has 32 heavy (non-hydrogen) atoms. The maximum absolute atomic E-state index is 11.2. The molecule has 2 aromatic heterocycles. The molecule has 0 radical (unpaired) electrons. The summed E-state index contributed by atoms with van der Waals surface area (Å²) in [5.74, 6) is 0.828. The van der Waals surface area contributed by atoms with Gasteiger partial charge in [0.05, 0.1) is 12.6 Å². The maximum atomic E-state index is 11.2. The van der Waals surface area contributed by atoms with E-state index in [2.05, 4.69) is 51.0 Å². The molecule has 2 aromatic carbocycles. The molecule has 0 aliphatic carbocycles. The molecule has 0 saturated carbocycles. The highest BCUT2D eigenvalue weighted by molar-refractivity contribution is 5.98. The fourth-order valence-corrected chi connectivity index (χ4v) is 4.29. The summed E-state index contributed by atoms with van der Waals surface area (Å²) in [5.41, 5.74) is 5.49. The molecule has 5 rings (SSSR count). The van der Waals surface area contributed by atoms with Gasteiger partial charge in [-0.15, -0.1) is 0 Å². The van der Waals surface area contributed by atoms with E-state index in [1.807, 2.05) is 24.3 Å². The minimum absolute atomic E-state index is 0.510. The van der Waals surface area contributed by atoms with Gasteiger partial charge in [-0.05, 0) is 42.0 Å². The Morgan fingerprint density at radius 3 is 2.31 bits per heavy atom. The van der Waals surface area contributed by atoms with Crippen molar-refractivity contribution in [3.05, 3.63) is 73.2 Å². The van der Waals surface area contributed by atoms with Gasteiger partial charge in [0.2, 0.25) is 0 Å². The molecule has 162 valence electrons. The van der Waals surface area contributed by atoms with Crippen LogP contribution in [0.25, 0.3) is 27.7 Å². The van der Waals surface area contributed by atoms with Crippen LogP contribution in [0.1, 0.15) is 0 Å². The number of fused-ring (bicyclic) bond motifs is 1. The molecule has 0 atom stereocenters. The van der Waals surface area contributed by atoms with Crippen LogP contribution in [0.2, 0.25) is 0 Å². The van der Waals surface area contributed by atoms with Gasteiger partial charge in [-0.2, -0.15) is 0 Å². The summed E-state index contributed by atoms with van der Waals surface area (Å²) in [6, 6.07) is 18.6. The third kappa shape index (κ3) is 3.62. The first-order chi connectivity index (χ1) is 15.6. The largest absolute Gasteiger partial charge is 0.497 e. The molecule has 1 saturated heterocycles. The summed E-state index contributed by atoms with van der Waals surface area (Å²) < 4.78 is 7.50. The number of aromatic nitrogens is 2. The average Bonchev–Trinajstić information content (AvgIpc) is 3.23. The second-order valence-corrected chi connectivity index (χ2v) is 7.80. The van der Waals surface area contributed by atoms with Gasteiger partial charge in [0.15, 0.2) is 0 Å². The molecule has 1 N–H and O–H groups in total. The van der Waals surface area contributed by atoms with Crippen molar-refractivity contribution in [2.45, 2.75) is 0 Å². The Labute approximate surface area is 186 Å². The van der Waals surface area contributed by atoms with E-state index in [1.165, 1.54) is 4.90 Å². The standard InChI is InChI=1S/C25H24N4O3/c1-32-21-5-2-18(3-6-21)23-17-29(19-8-10-26-11-9-19)24-16-20(4-7-22(23)24)27-12-14-28(15-13-27)25(30)31/h2-11,16-17H,12-15H2,1H3,(H,30,31). The number of anilines is 1. The van der Waals surface area contributed by atoms with Crippen molar-refractivity contribution >= 4 is 22.7 Å². The van der Waals surface area contributed by atoms with Crippen LogP contribution in [0.3, 0.4) is 0 Å². The van der Waals surface area contributed by atoms with E-state index in [0.717, 1.165) is 39.2 Å². The highest BCUT2D eigenvalue weighted by Crippen LogP contribution is 2.35. The van der Waals surface area contributed by atoms with Crippen LogP contribution in [-0.4, -0.2) is 58.9 Å². The lowest BCUT2D eigenvalue weighted by atomic mass is 10.0. The van der Waals surface area contributed by atoms with Gasteiger partial charge >= 0.3 is 6.09 Å². The lowest BCUT2D eigenvalue weighted by Crippen LogP contribution is -2.48. The molecular formula is C25H24N4O3. The summed E-state index contributed by atoms with van der Waals surface area (Å²) in [4.78, 5) is 19.1. The predicted octanol–water partition coefficient (Wildman–Crippen LogP) is 4.50. The summed E-state index contributed by atoms with van der Waals surface area (Å²) in [6.45, 7) is 2.38. The number of carbonyl (C=O) groups is 1. The number of hydrogen-bond donors (Lipinski definition) is 1. The fraction of sp³-hybridized carbons (Fsp3) is 0.200. The molecule has 7 nitrogen and oxygen atoms in total. The Balaban J connectivity index is 1.58. The number of carboxylic acid groups (broad SMARTS) is 1. The third-order valence-electron chi connectivity index (χ3n) is 6.05. The normalized spacial score (nSPS) is 14.0. The van der Waals surface area contributed by atoms with Gasteiger partial charge in [-0.3, -0.25) is 4.98 Å². The van der Waals surface area contributed by atoms with E-state index in [4.69, 9.17) is 4.74 Å². The quantitative estimate of drug-likeness (QED) is 0.518. The zero-order chi connectivity index (χ0) is 22.1. The molecule has 0 unspecified atom stereocenters. The first-order valence-corrected chi connectivity index (χ1v) is 10.6. The second-order valence-electron chi connectivity index (χ2n) is 7.80. The van der Waals surface area contributed by atoms with E-state index in [9.17, 15) is 9.90 Å². The number of pyridine rings is 1. The first-order valence-electron chi connectivity index (χ1n) is 10.6. The van der Waals surface area contributed by atoms with Crippen molar-refractivity contribution in [1.29, 1.82) is 0 Å². The van der Waals surface area contributed by atoms with E-state index in [1.54, 1.807) is 19.5 Å². The number of rotatable bonds is 4. The Morgan fingerprint density at radius 2 is 1.66 bits per heavy atom. The molecule has 1 aliphatic rings. The van der Waals surface area contributed by atoms with Crippen molar-refractivity contribution in [1.82, 2.24) is 14.5 Å². The van der Waals surface area contributed by atoms with Crippen molar-refractivity contribution in [3.63, 3.8) is 0 Å². The number of benzene rings is 2. The first kappa shape index (κ1) is 19.9. The molecule has 7 heteroatoms. The summed E-state index contributed by atoms with van der Waals surface area (Å²) in [7, 11) is 1.67. The topological polar surface area (TPSA) is 70.8 Å². The molecule has 1 aliphatic heterocycles. The molecular weight excluding hydrogens is 404 g/mol. The van der Waals surface area contributed by atoms with Gasteiger partial charge in [0.25, 0.3) is 0 Å². The number of amides is 1. The second kappa shape index (κ2) is 8.26. The Morgan fingerprint density at radius 1 is 0.938 bits per heavy atom. The maximum Gasteiger partial charge on any atom is 0.407 e. The molecule has 1 amide bonds. The van der Waals surface area contributed by atoms with E-state index >= 15 is 0 Å². The molecule has 1 fully saturated rings. The monoisotopic (exact) mass is 428 g/mol. The van der Waals surface area contributed by atoms with Gasteiger partial charge in [0, 0.05) is 67.1 Å². The molecule has 3 heterocycles. The summed E-state index contributed by atoms with van der Waals surface area (Å²) >= 11 is 0. The zero-order valence-corrected chi connectivity index (χ0v) is 17.8. The van der Waals surface area contributed by atoms with Crippen LogP contribution in [0.5, 0.6) is 5.75 Å². The lowest BCUT2D eigenvalue weighted by Gasteiger charge is -2.34. The van der Waals surface area contributed by atoms with Gasteiger partial charge in [-0.1, -0.05) is 18.2 Å². The van der Waals surface area contributed by atoms with Crippen LogP contribution >= 0.6 is 0 Å². The smallest absolute Gasteiger partial charge is 0.407 e. The van der Waals surface area contributed by atoms with Crippen LogP contribution in [0.4, 0.5) is 10.5 Å².